The molecular weight excluding hydrogens is 340 g/mol. The van der Waals surface area contributed by atoms with Gasteiger partial charge in [-0.3, -0.25) is 0 Å². The number of unbranched alkanes of at least 4 members (excludes halogenated alkanes) is 2. The Morgan fingerprint density at radius 1 is 1.29 bits per heavy atom. The average Bonchev–Trinajstić information content (AvgIpc) is 2.44. The lowest BCUT2D eigenvalue weighted by Crippen LogP contribution is -2.32. The van der Waals surface area contributed by atoms with Crippen LogP contribution in [0.1, 0.15) is 29.6 Å². The summed E-state index contributed by atoms with van der Waals surface area (Å²) < 4.78 is 0.634. The molecule has 0 radical (unpaired) electrons. The monoisotopic (exact) mass is 358 g/mol. The van der Waals surface area contributed by atoms with E-state index in [0.29, 0.717) is 17.4 Å². The number of aromatic carboxylic acids is 1. The number of anilines is 1. The van der Waals surface area contributed by atoms with Crippen LogP contribution in [0.4, 0.5) is 10.5 Å². The van der Waals surface area contributed by atoms with Gasteiger partial charge in [-0.05, 0) is 37.5 Å². The van der Waals surface area contributed by atoms with Gasteiger partial charge in [0.1, 0.15) is 0 Å². The summed E-state index contributed by atoms with van der Waals surface area (Å²) in [4.78, 5) is 24.6. The van der Waals surface area contributed by atoms with Crippen molar-refractivity contribution >= 4 is 33.6 Å². The number of halogens is 1. The van der Waals surface area contributed by atoms with Crippen LogP contribution in [-0.2, 0) is 0 Å². The molecule has 2 amide bonds. The average molecular weight is 359 g/mol. The highest BCUT2D eigenvalue weighted by molar-refractivity contribution is 9.10. The van der Waals surface area contributed by atoms with Crippen molar-refractivity contribution in [2.45, 2.75) is 19.3 Å². The Bertz CT molecular complexity index is 508. The second kappa shape index (κ2) is 8.63. The maximum absolute atomic E-state index is 12.0. The molecule has 0 saturated carbocycles. The molecule has 6 nitrogen and oxygen atoms in total. The van der Waals surface area contributed by atoms with Crippen LogP contribution in [-0.4, -0.2) is 47.3 Å². The Labute approximate surface area is 131 Å². The lowest BCUT2D eigenvalue weighted by molar-refractivity contribution is 0.0698. The van der Waals surface area contributed by atoms with Gasteiger partial charge in [-0.1, -0.05) is 15.9 Å². The first-order valence-electron chi connectivity index (χ1n) is 6.61. The normalized spacial score (nSPS) is 10.2. The fourth-order valence-electron chi connectivity index (χ4n) is 1.75. The van der Waals surface area contributed by atoms with Gasteiger partial charge in [0, 0.05) is 24.7 Å². The molecule has 0 saturated heterocycles. The smallest absolute Gasteiger partial charge is 0.337 e. The van der Waals surface area contributed by atoms with E-state index < -0.39 is 5.97 Å². The molecule has 0 atom stereocenters. The first-order chi connectivity index (χ1) is 9.95. The number of nitrogens with one attached hydrogen (secondary N) is 1. The van der Waals surface area contributed by atoms with Crippen molar-refractivity contribution in [1.82, 2.24) is 4.90 Å². The van der Waals surface area contributed by atoms with Crippen LogP contribution in [0.3, 0.4) is 0 Å². The topological polar surface area (TPSA) is 89.9 Å². The Morgan fingerprint density at radius 2 is 2.00 bits per heavy atom. The molecule has 1 aromatic rings. The minimum absolute atomic E-state index is 0.0337. The number of carboxylic acids is 1. The zero-order valence-corrected chi connectivity index (χ0v) is 13.4. The van der Waals surface area contributed by atoms with Crippen LogP contribution in [0.5, 0.6) is 0 Å². The summed E-state index contributed by atoms with van der Waals surface area (Å²) in [5, 5.41) is 20.4. The minimum Gasteiger partial charge on any atom is -0.478 e. The predicted molar refractivity (Wildman–Crippen MR) is 83.7 cm³/mol. The van der Waals surface area contributed by atoms with Crippen molar-refractivity contribution in [3.8, 4) is 0 Å². The van der Waals surface area contributed by atoms with Gasteiger partial charge in [-0.15, -0.1) is 0 Å². The highest BCUT2D eigenvalue weighted by Gasteiger charge is 2.15. The lowest BCUT2D eigenvalue weighted by Gasteiger charge is -2.18. The van der Waals surface area contributed by atoms with Crippen molar-refractivity contribution in [3.63, 3.8) is 0 Å². The van der Waals surface area contributed by atoms with Crippen LogP contribution in [0.2, 0.25) is 0 Å². The number of amides is 2. The van der Waals surface area contributed by atoms with E-state index in [1.807, 2.05) is 0 Å². The molecule has 7 heteroatoms. The van der Waals surface area contributed by atoms with Crippen molar-refractivity contribution in [1.29, 1.82) is 0 Å². The molecule has 0 aliphatic rings. The summed E-state index contributed by atoms with van der Waals surface area (Å²) in [7, 11) is 1.65. The third-order valence-electron chi connectivity index (χ3n) is 2.95. The predicted octanol–water partition coefficient (Wildman–Crippen LogP) is 2.77. The molecule has 3 N–H and O–H groups in total. The van der Waals surface area contributed by atoms with Gasteiger partial charge in [0.15, 0.2) is 0 Å². The molecule has 0 bridgehead atoms. The fraction of sp³-hybridized carbons (Fsp3) is 0.429. The zero-order valence-electron chi connectivity index (χ0n) is 11.8. The standard InChI is InChI=1S/C14H19BrN2O4/c1-17(7-3-2-4-8-18)14(21)16-12-6-5-10(15)9-11(12)13(19)20/h5-6,9,18H,2-4,7-8H2,1H3,(H,16,21)(H,19,20). The van der Waals surface area contributed by atoms with E-state index in [4.69, 9.17) is 10.2 Å². The van der Waals surface area contributed by atoms with E-state index in [1.54, 1.807) is 19.2 Å². The number of aliphatic hydroxyl groups is 1. The highest BCUT2D eigenvalue weighted by Crippen LogP contribution is 2.21. The van der Waals surface area contributed by atoms with Gasteiger partial charge in [-0.25, -0.2) is 9.59 Å². The molecule has 1 aromatic carbocycles. The molecule has 0 aliphatic heterocycles. The fourth-order valence-corrected chi connectivity index (χ4v) is 2.11. The first kappa shape index (κ1) is 17.5. The van der Waals surface area contributed by atoms with Gasteiger partial charge < -0.3 is 20.4 Å². The third kappa shape index (κ3) is 5.73. The van der Waals surface area contributed by atoms with Gasteiger partial charge >= 0.3 is 12.0 Å². The molecule has 0 aliphatic carbocycles. The summed E-state index contributed by atoms with van der Waals surface area (Å²) in [5.41, 5.74) is 0.296. The molecule has 0 aromatic heterocycles. The van der Waals surface area contributed by atoms with Crippen LogP contribution in [0.25, 0.3) is 0 Å². The van der Waals surface area contributed by atoms with E-state index in [1.165, 1.54) is 11.0 Å². The van der Waals surface area contributed by atoms with Crippen LogP contribution in [0.15, 0.2) is 22.7 Å². The SMILES string of the molecule is CN(CCCCCO)C(=O)Nc1ccc(Br)cc1C(=O)O. The molecular formula is C14H19BrN2O4. The largest absolute Gasteiger partial charge is 0.478 e. The van der Waals surface area contributed by atoms with Gasteiger partial charge in [-0.2, -0.15) is 0 Å². The number of hydrogen-bond acceptors (Lipinski definition) is 3. The summed E-state index contributed by atoms with van der Waals surface area (Å²) in [6.45, 7) is 0.696. The number of rotatable bonds is 7. The highest BCUT2D eigenvalue weighted by atomic mass is 79.9. The van der Waals surface area contributed by atoms with Crippen molar-refractivity contribution in [2.24, 2.45) is 0 Å². The van der Waals surface area contributed by atoms with Crippen molar-refractivity contribution in [2.75, 3.05) is 25.5 Å². The number of benzene rings is 1. The maximum atomic E-state index is 12.0. The number of carbonyl (C=O) groups is 2. The summed E-state index contributed by atoms with van der Waals surface area (Å²) in [6.07, 6.45) is 2.34. The molecule has 21 heavy (non-hydrogen) atoms. The summed E-state index contributed by atoms with van der Waals surface area (Å²) >= 11 is 3.20. The van der Waals surface area contributed by atoms with Gasteiger partial charge in [0.05, 0.1) is 11.3 Å². The number of aliphatic hydroxyl groups excluding tert-OH is 1. The van der Waals surface area contributed by atoms with E-state index in [0.717, 1.165) is 12.8 Å². The number of urea groups is 1. The minimum atomic E-state index is -1.10. The van der Waals surface area contributed by atoms with Crippen LogP contribution < -0.4 is 5.32 Å². The van der Waals surface area contributed by atoms with Crippen molar-refractivity contribution < 1.29 is 19.8 Å². The summed E-state index contributed by atoms with van der Waals surface area (Å²) in [5.74, 6) is -1.10. The van der Waals surface area contributed by atoms with E-state index >= 15 is 0 Å². The molecule has 0 heterocycles. The number of carboxylic acid groups (broad SMARTS) is 1. The summed E-state index contributed by atoms with van der Waals surface area (Å²) in [6, 6.07) is 4.30. The molecule has 0 spiro atoms. The van der Waals surface area contributed by atoms with Gasteiger partial charge in [0.2, 0.25) is 0 Å². The number of nitrogens with zero attached hydrogens (tertiary/aromatic N) is 1. The quantitative estimate of drug-likeness (QED) is 0.653. The first-order valence-corrected chi connectivity index (χ1v) is 7.41. The van der Waals surface area contributed by atoms with E-state index in [2.05, 4.69) is 21.2 Å². The molecule has 1 rings (SSSR count). The Hall–Kier alpha value is -1.60. The van der Waals surface area contributed by atoms with Crippen LogP contribution in [0, 0.1) is 0 Å². The number of carbonyl (C=O) groups excluding carboxylic acids is 1. The Kier molecular flexibility index (Phi) is 7.18. The molecule has 0 unspecified atom stereocenters. The Morgan fingerprint density at radius 3 is 2.62 bits per heavy atom. The molecule has 0 fully saturated rings. The second-order valence-corrected chi connectivity index (χ2v) is 5.55. The molecule has 116 valence electrons. The Balaban J connectivity index is 2.64. The zero-order chi connectivity index (χ0) is 15.8. The van der Waals surface area contributed by atoms with E-state index in [9.17, 15) is 9.59 Å². The number of hydrogen-bond donors (Lipinski definition) is 3. The maximum Gasteiger partial charge on any atom is 0.337 e. The van der Waals surface area contributed by atoms with Crippen molar-refractivity contribution in [3.05, 3.63) is 28.2 Å². The van der Waals surface area contributed by atoms with Crippen LogP contribution >= 0.6 is 15.9 Å². The van der Waals surface area contributed by atoms with E-state index in [-0.39, 0.29) is 23.9 Å². The third-order valence-corrected chi connectivity index (χ3v) is 3.45. The van der Waals surface area contributed by atoms with Gasteiger partial charge in [0.25, 0.3) is 0 Å². The lowest BCUT2D eigenvalue weighted by atomic mass is 10.2. The second-order valence-electron chi connectivity index (χ2n) is 4.63.